The van der Waals surface area contributed by atoms with Gasteiger partial charge < -0.3 is 10.1 Å². The van der Waals surface area contributed by atoms with Crippen molar-refractivity contribution in [1.29, 1.82) is 0 Å². The van der Waals surface area contributed by atoms with E-state index < -0.39 is 3.90 Å². The summed E-state index contributed by atoms with van der Waals surface area (Å²) in [6.07, 6.45) is 4.12. The number of nitrogens with one attached hydrogen (secondary N) is 2. The van der Waals surface area contributed by atoms with Crippen molar-refractivity contribution < 1.29 is 4.74 Å². The lowest BCUT2D eigenvalue weighted by Gasteiger charge is -2.39. The van der Waals surface area contributed by atoms with E-state index in [9.17, 15) is 0 Å². The van der Waals surface area contributed by atoms with Crippen LogP contribution in [0.3, 0.4) is 0 Å². The Bertz CT molecular complexity index is 748. The summed E-state index contributed by atoms with van der Waals surface area (Å²) in [4.78, 5) is 0. The molecule has 0 unspecified atom stereocenters. The molecule has 0 fully saturated rings. The molecule has 2 aromatic rings. The van der Waals surface area contributed by atoms with Crippen LogP contribution in [0.5, 0.6) is 5.75 Å². The average Bonchev–Trinajstić information content (AvgIpc) is 2.67. The number of thioether (sulfide) groups is 1. The lowest BCUT2D eigenvalue weighted by Crippen LogP contribution is -2.52. The summed E-state index contributed by atoms with van der Waals surface area (Å²) < 4.78 is 4.80. The molecule has 2 atom stereocenters. The van der Waals surface area contributed by atoms with Gasteiger partial charge in [-0.15, -0.1) is 18.3 Å². The molecule has 25 heavy (non-hydrogen) atoms. The number of halogens is 1. The minimum atomic E-state index is -0.467. The second kappa shape index (κ2) is 8.13. The van der Waals surface area contributed by atoms with Crippen molar-refractivity contribution in [2.24, 2.45) is 0 Å². The highest BCUT2D eigenvalue weighted by Crippen LogP contribution is 2.37. The highest BCUT2D eigenvalue weighted by molar-refractivity contribution is 9.11. The first-order chi connectivity index (χ1) is 12.1. The third-order valence-corrected chi connectivity index (χ3v) is 6.06. The van der Waals surface area contributed by atoms with Gasteiger partial charge in [0.1, 0.15) is 5.75 Å². The monoisotopic (exact) mass is 416 g/mol. The number of rotatable bonds is 6. The van der Waals surface area contributed by atoms with Gasteiger partial charge in [-0.1, -0.05) is 36.4 Å². The average molecular weight is 417 g/mol. The van der Waals surface area contributed by atoms with E-state index in [2.05, 4.69) is 75.6 Å². The summed E-state index contributed by atoms with van der Waals surface area (Å²) in [6.45, 7) is 3.82. The number of methoxy groups -OCH3 is 1. The maximum atomic E-state index is 5.26. The van der Waals surface area contributed by atoms with Crippen LogP contribution in [-0.4, -0.2) is 16.8 Å². The maximum absolute atomic E-state index is 5.26. The van der Waals surface area contributed by atoms with Crippen LogP contribution >= 0.6 is 27.7 Å². The fraction of sp³-hybridized carbons (Fsp3) is 0.200. The second-order valence-electron chi connectivity index (χ2n) is 5.66. The zero-order chi connectivity index (χ0) is 17.7. The molecular weight excluding hydrogens is 396 g/mol. The number of hydrogen-bond acceptors (Lipinski definition) is 4. The van der Waals surface area contributed by atoms with E-state index in [0.29, 0.717) is 0 Å². The van der Waals surface area contributed by atoms with E-state index in [-0.39, 0.29) is 6.04 Å². The lowest BCUT2D eigenvalue weighted by atomic mass is 10.0. The fourth-order valence-electron chi connectivity index (χ4n) is 2.69. The van der Waals surface area contributed by atoms with Crippen LogP contribution in [0.15, 0.2) is 73.3 Å². The number of benzene rings is 2. The molecule has 1 aliphatic heterocycles. The predicted octanol–water partition coefficient (Wildman–Crippen LogP) is 4.90. The van der Waals surface area contributed by atoms with Gasteiger partial charge in [0.05, 0.1) is 13.2 Å². The SMILES string of the molecule is C=CCS[C@]1(Br)NC(c2ccc(OC)cc2)=C[C@@H](c2ccccc2)N1. The molecule has 0 saturated carbocycles. The summed E-state index contributed by atoms with van der Waals surface area (Å²) in [6, 6.07) is 18.6. The van der Waals surface area contributed by atoms with E-state index in [1.54, 1.807) is 18.9 Å². The second-order valence-corrected chi connectivity index (χ2v) is 8.61. The molecule has 2 N–H and O–H groups in total. The minimum absolute atomic E-state index is 0.0937. The first-order valence-corrected chi connectivity index (χ1v) is 9.82. The normalized spacial score (nSPS) is 22.6. The summed E-state index contributed by atoms with van der Waals surface area (Å²) in [5, 5.41) is 7.18. The Hall–Kier alpha value is -1.69. The van der Waals surface area contributed by atoms with Crippen LogP contribution < -0.4 is 15.4 Å². The maximum Gasteiger partial charge on any atom is 0.195 e. The van der Waals surface area contributed by atoms with Crippen molar-refractivity contribution in [2.75, 3.05) is 12.9 Å². The third-order valence-electron chi connectivity index (χ3n) is 3.93. The third kappa shape index (κ3) is 4.48. The first kappa shape index (κ1) is 18.1. The molecule has 1 heterocycles. The largest absolute Gasteiger partial charge is 0.497 e. The number of ether oxygens (including phenoxy) is 1. The molecule has 0 aliphatic carbocycles. The molecule has 0 saturated heterocycles. The van der Waals surface area contributed by atoms with Crippen molar-refractivity contribution in [3.63, 3.8) is 0 Å². The highest BCUT2D eigenvalue weighted by atomic mass is 79.9. The van der Waals surface area contributed by atoms with Gasteiger partial charge in [0.25, 0.3) is 0 Å². The molecule has 0 bridgehead atoms. The molecule has 3 nitrogen and oxygen atoms in total. The molecule has 0 radical (unpaired) electrons. The molecule has 0 aromatic heterocycles. The molecule has 1 aliphatic rings. The topological polar surface area (TPSA) is 33.3 Å². The molecule has 5 heteroatoms. The highest BCUT2D eigenvalue weighted by Gasteiger charge is 2.34. The van der Waals surface area contributed by atoms with Gasteiger partial charge in [0.2, 0.25) is 0 Å². The number of hydrogen-bond donors (Lipinski definition) is 2. The van der Waals surface area contributed by atoms with Crippen LogP contribution in [0.1, 0.15) is 17.2 Å². The van der Waals surface area contributed by atoms with Gasteiger partial charge in [-0.2, -0.15) is 0 Å². The van der Waals surface area contributed by atoms with Gasteiger partial charge in [-0.25, -0.2) is 0 Å². The first-order valence-electron chi connectivity index (χ1n) is 8.04. The molecular formula is C20H21BrN2OS. The van der Waals surface area contributed by atoms with Gasteiger partial charge in [0, 0.05) is 11.4 Å². The van der Waals surface area contributed by atoms with Crippen LogP contribution in [0.2, 0.25) is 0 Å². The summed E-state index contributed by atoms with van der Waals surface area (Å²) in [5.41, 5.74) is 3.41. The van der Waals surface area contributed by atoms with Crippen molar-refractivity contribution in [1.82, 2.24) is 10.6 Å². The van der Waals surface area contributed by atoms with Gasteiger partial charge in [0.15, 0.2) is 3.90 Å². The summed E-state index contributed by atoms with van der Waals surface area (Å²) in [7, 11) is 1.68. The molecule has 3 rings (SSSR count). The summed E-state index contributed by atoms with van der Waals surface area (Å²) in [5.74, 6) is 1.67. The Labute approximate surface area is 161 Å². The van der Waals surface area contributed by atoms with Crippen molar-refractivity contribution in [3.05, 3.63) is 84.5 Å². The van der Waals surface area contributed by atoms with E-state index in [1.165, 1.54) is 5.56 Å². The summed E-state index contributed by atoms with van der Waals surface area (Å²) >= 11 is 5.54. The van der Waals surface area contributed by atoms with Crippen molar-refractivity contribution >= 4 is 33.4 Å². The van der Waals surface area contributed by atoms with Crippen molar-refractivity contribution in [3.8, 4) is 5.75 Å². The molecule has 2 aromatic carbocycles. The smallest absolute Gasteiger partial charge is 0.195 e. The Morgan fingerprint density at radius 1 is 1.20 bits per heavy atom. The Morgan fingerprint density at radius 3 is 2.56 bits per heavy atom. The lowest BCUT2D eigenvalue weighted by molar-refractivity contribution is 0.414. The zero-order valence-electron chi connectivity index (χ0n) is 14.0. The zero-order valence-corrected chi connectivity index (χ0v) is 16.4. The quantitative estimate of drug-likeness (QED) is 0.398. The molecule has 130 valence electrons. The van der Waals surface area contributed by atoms with Gasteiger partial charge in [-0.05, 0) is 57.4 Å². The van der Waals surface area contributed by atoms with Crippen molar-refractivity contribution in [2.45, 2.75) is 9.95 Å². The Morgan fingerprint density at radius 2 is 1.92 bits per heavy atom. The van der Waals surface area contributed by atoms with E-state index >= 15 is 0 Å². The Kier molecular flexibility index (Phi) is 5.89. The van der Waals surface area contributed by atoms with E-state index in [1.807, 2.05) is 24.3 Å². The van der Waals surface area contributed by atoms with E-state index in [0.717, 1.165) is 22.8 Å². The fourth-order valence-corrected chi connectivity index (χ4v) is 4.29. The number of alkyl halides is 1. The van der Waals surface area contributed by atoms with Gasteiger partial charge >= 0.3 is 0 Å². The van der Waals surface area contributed by atoms with Crippen LogP contribution in [-0.2, 0) is 0 Å². The van der Waals surface area contributed by atoms with Gasteiger partial charge in [-0.3, -0.25) is 5.32 Å². The van der Waals surface area contributed by atoms with E-state index in [4.69, 9.17) is 4.74 Å². The standard InChI is InChI=1S/C20H21BrN2OS/c1-3-13-25-20(21)22-18(15-7-5-4-6-8-15)14-19(23-20)16-9-11-17(24-2)12-10-16/h3-12,14,18,22-23H,1,13H2,2H3/t18-,20-/m0/s1. The van der Waals surface area contributed by atoms with Crippen LogP contribution in [0.25, 0.3) is 5.70 Å². The Balaban J connectivity index is 1.95. The van der Waals surface area contributed by atoms with Crippen LogP contribution in [0, 0.1) is 0 Å². The molecule has 0 spiro atoms. The minimum Gasteiger partial charge on any atom is -0.497 e. The molecule has 0 amide bonds. The predicted molar refractivity (Wildman–Crippen MR) is 111 cm³/mol. The van der Waals surface area contributed by atoms with Crippen LogP contribution in [0.4, 0.5) is 0 Å².